The molecule has 0 atom stereocenters. The lowest BCUT2D eigenvalue weighted by Crippen LogP contribution is -2.36. The summed E-state index contributed by atoms with van der Waals surface area (Å²) >= 11 is 0. The average molecular weight is 453 g/mol. The molecule has 0 unspecified atom stereocenters. The zero-order valence-corrected chi connectivity index (χ0v) is 18.8. The number of anilines is 1. The summed E-state index contributed by atoms with van der Waals surface area (Å²) in [6.45, 7) is 3.11. The van der Waals surface area contributed by atoms with Gasteiger partial charge in [0.2, 0.25) is 0 Å². The minimum atomic E-state index is -0.272. The molecule has 0 N–H and O–H groups in total. The Bertz CT molecular complexity index is 1370. The Labute approximate surface area is 198 Å². The highest BCUT2D eigenvalue weighted by Gasteiger charge is 2.24. The Kier molecular flexibility index (Phi) is 6.01. The zero-order valence-electron chi connectivity index (χ0n) is 18.8. The van der Waals surface area contributed by atoms with Gasteiger partial charge in [0.15, 0.2) is 0 Å². The number of halogens is 1. The summed E-state index contributed by atoms with van der Waals surface area (Å²) in [6, 6.07) is 26.2. The lowest BCUT2D eigenvalue weighted by Gasteiger charge is -2.24. The monoisotopic (exact) mass is 452 g/mol. The summed E-state index contributed by atoms with van der Waals surface area (Å²) in [5.41, 5.74) is 3.75. The third-order valence-corrected chi connectivity index (χ3v) is 6.46. The van der Waals surface area contributed by atoms with Gasteiger partial charge in [0.05, 0.1) is 18.2 Å². The minimum Gasteiger partial charge on any atom is -0.370 e. The van der Waals surface area contributed by atoms with Crippen molar-refractivity contribution in [2.75, 3.05) is 31.1 Å². The molecule has 0 spiro atoms. The Hall–Kier alpha value is -4.11. The molecule has 1 aliphatic heterocycles. The first-order chi connectivity index (χ1) is 16.6. The third-order valence-electron chi connectivity index (χ3n) is 6.46. The third kappa shape index (κ3) is 4.25. The van der Waals surface area contributed by atoms with Crippen LogP contribution in [-0.2, 0) is 6.54 Å². The normalized spacial score (nSPS) is 14.1. The van der Waals surface area contributed by atoms with Crippen molar-refractivity contribution < 1.29 is 9.18 Å². The van der Waals surface area contributed by atoms with E-state index >= 15 is 0 Å². The molecule has 0 aliphatic carbocycles. The number of amides is 1. The van der Waals surface area contributed by atoms with Crippen molar-refractivity contribution in [2.24, 2.45) is 0 Å². The Morgan fingerprint density at radius 3 is 2.47 bits per heavy atom. The number of aromatic nitrogens is 1. The number of fused-ring (bicyclic) bond motifs is 1. The van der Waals surface area contributed by atoms with E-state index in [4.69, 9.17) is 5.26 Å². The Balaban J connectivity index is 1.41. The predicted molar refractivity (Wildman–Crippen MR) is 131 cm³/mol. The number of hydrogen-bond donors (Lipinski definition) is 0. The van der Waals surface area contributed by atoms with Crippen LogP contribution in [0.5, 0.6) is 0 Å². The second-order valence-corrected chi connectivity index (χ2v) is 8.56. The van der Waals surface area contributed by atoms with Gasteiger partial charge in [-0.3, -0.25) is 4.79 Å². The second-order valence-electron chi connectivity index (χ2n) is 8.56. The highest BCUT2D eigenvalue weighted by molar-refractivity contribution is 5.99. The molecule has 1 fully saturated rings. The van der Waals surface area contributed by atoms with Crippen LogP contribution in [0.15, 0.2) is 78.9 Å². The van der Waals surface area contributed by atoms with E-state index in [9.17, 15) is 9.18 Å². The van der Waals surface area contributed by atoms with Crippen LogP contribution in [0.3, 0.4) is 0 Å². The number of benzene rings is 3. The van der Waals surface area contributed by atoms with Crippen molar-refractivity contribution in [3.05, 3.63) is 102 Å². The van der Waals surface area contributed by atoms with Crippen LogP contribution in [0.25, 0.3) is 10.9 Å². The molecule has 0 bridgehead atoms. The van der Waals surface area contributed by atoms with E-state index in [0.29, 0.717) is 43.0 Å². The summed E-state index contributed by atoms with van der Waals surface area (Å²) in [7, 11) is 0. The van der Waals surface area contributed by atoms with Crippen LogP contribution in [0, 0.1) is 17.1 Å². The van der Waals surface area contributed by atoms with Crippen LogP contribution in [-0.4, -0.2) is 41.6 Å². The highest BCUT2D eigenvalue weighted by Crippen LogP contribution is 2.24. The van der Waals surface area contributed by atoms with Crippen molar-refractivity contribution in [3.8, 4) is 6.07 Å². The molecule has 1 saturated heterocycles. The zero-order chi connectivity index (χ0) is 23.5. The van der Waals surface area contributed by atoms with Crippen molar-refractivity contribution in [2.45, 2.75) is 13.0 Å². The van der Waals surface area contributed by atoms with Gasteiger partial charge in [0.25, 0.3) is 5.91 Å². The highest BCUT2D eigenvalue weighted by atomic mass is 19.1. The standard InChI is InChI=1S/C28H25FN4O/c29-25-8-3-1-7-23(25)20-33-26-9-4-2-6-22(26)18-27(33)28(34)32-15-5-14-31(16-17-32)24-12-10-21(19-30)11-13-24/h1-4,6-13,18H,5,14-17,20H2. The molecule has 0 radical (unpaired) electrons. The molecule has 170 valence electrons. The Morgan fingerprint density at radius 1 is 0.912 bits per heavy atom. The number of para-hydroxylation sites is 1. The second kappa shape index (κ2) is 9.40. The molecule has 4 aromatic rings. The van der Waals surface area contributed by atoms with E-state index in [1.807, 2.05) is 70.1 Å². The van der Waals surface area contributed by atoms with E-state index < -0.39 is 0 Å². The van der Waals surface area contributed by atoms with E-state index in [2.05, 4.69) is 11.0 Å². The fourth-order valence-corrected chi connectivity index (χ4v) is 4.64. The quantitative estimate of drug-likeness (QED) is 0.435. The van der Waals surface area contributed by atoms with Gasteiger partial charge in [-0.05, 0) is 48.9 Å². The smallest absolute Gasteiger partial charge is 0.270 e. The van der Waals surface area contributed by atoms with Crippen LogP contribution in [0.1, 0.15) is 28.0 Å². The average Bonchev–Trinajstić information content (AvgIpc) is 3.05. The van der Waals surface area contributed by atoms with Gasteiger partial charge in [-0.2, -0.15) is 5.26 Å². The van der Waals surface area contributed by atoms with Crippen LogP contribution >= 0.6 is 0 Å². The summed E-state index contributed by atoms with van der Waals surface area (Å²) in [5, 5.41) is 10.0. The molecular weight excluding hydrogens is 427 g/mol. The topological polar surface area (TPSA) is 52.3 Å². The number of nitriles is 1. The lowest BCUT2D eigenvalue weighted by atomic mass is 10.2. The molecule has 34 heavy (non-hydrogen) atoms. The summed E-state index contributed by atoms with van der Waals surface area (Å²) in [4.78, 5) is 17.9. The molecule has 1 aromatic heterocycles. The molecule has 2 heterocycles. The number of hydrogen-bond acceptors (Lipinski definition) is 3. The number of rotatable bonds is 4. The summed E-state index contributed by atoms with van der Waals surface area (Å²) < 4.78 is 16.4. The van der Waals surface area contributed by atoms with E-state index in [0.717, 1.165) is 29.6 Å². The molecule has 5 nitrogen and oxygen atoms in total. The molecule has 6 heteroatoms. The number of nitrogens with zero attached hydrogens (tertiary/aromatic N) is 4. The van der Waals surface area contributed by atoms with Gasteiger partial charge in [-0.15, -0.1) is 0 Å². The van der Waals surface area contributed by atoms with Crippen LogP contribution in [0.4, 0.5) is 10.1 Å². The van der Waals surface area contributed by atoms with Crippen molar-refractivity contribution in [1.29, 1.82) is 5.26 Å². The summed E-state index contributed by atoms with van der Waals surface area (Å²) in [6.07, 6.45) is 0.847. The summed E-state index contributed by atoms with van der Waals surface area (Å²) in [5.74, 6) is -0.305. The van der Waals surface area contributed by atoms with Gasteiger partial charge >= 0.3 is 0 Å². The van der Waals surface area contributed by atoms with Crippen molar-refractivity contribution in [3.63, 3.8) is 0 Å². The minimum absolute atomic E-state index is 0.0331. The van der Waals surface area contributed by atoms with Gasteiger partial charge in [-0.1, -0.05) is 36.4 Å². The predicted octanol–water partition coefficient (Wildman–Crippen LogP) is 5.05. The molecule has 0 saturated carbocycles. The maximum absolute atomic E-state index is 14.4. The van der Waals surface area contributed by atoms with Gasteiger partial charge in [0.1, 0.15) is 11.5 Å². The lowest BCUT2D eigenvalue weighted by molar-refractivity contribution is 0.0757. The first-order valence-electron chi connectivity index (χ1n) is 11.5. The molecule has 5 rings (SSSR count). The van der Waals surface area contributed by atoms with Gasteiger partial charge < -0.3 is 14.4 Å². The molecule has 1 aliphatic rings. The van der Waals surface area contributed by atoms with Gasteiger partial charge in [-0.25, -0.2) is 4.39 Å². The van der Waals surface area contributed by atoms with Gasteiger partial charge in [0, 0.05) is 48.3 Å². The first kappa shape index (κ1) is 21.7. The number of carbonyl (C=O) groups is 1. The Morgan fingerprint density at radius 2 is 1.68 bits per heavy atom. The number of carbonyl (C=O) groups excluding carboxylic acids is 1. The SMILES string of the molecule is N#Cc1ccc(N2CCCN(C(=O)c3cc4ccccc4n3Cc3ccccc3F)CC2)cc1. The van der Waals surface area contributed by atoms with E-state index in [1.54, 1.807) is 12.1 Å². The van der Waals surface area contributed by atoms with Crippen LogP contribution < -0.4 is 4.90 Å². The van der Waals surface area contributed by atoms with E-state index in [1.165, 1.54) is 6.07 Å². The molecule has 3 aromatic carbocycles. The molecular formula is C28H25FN4O. The first-order valence-corrected chi connectivity index (χ1v) is 11.5. The fraction of sp³-hybridized carbons (Fsp3) is 0.214. The van der Waals surface area contributed by atoms with Crippen molar-refractivity contribution >= 4 is 22.5 Å². The largest absolute Gasteiger partial charge is 0.370 e. The maximum Gasteiger partial charge on any atom is 0.270 e. The van der Waals surface area contributed by atoms with E-state index in [-0.39, 0.29) is 11.7 Å². The van der Waals surface area contributed by atoms with Crippen molar-refractivity contribution in [1.82, 2.24) is 9.47 Å². The maximum atomic E-state index is 14.4. The van der Waals surface area contributed by atoms with Crippen LogP contribution in [0.2, 0.25) is 0 Å². The fourth-order valence-electron chi connectivity index (χ4n) is 4.64. The molecule has 1 amide bonds.